The van der Waals surface area contributed by atoms with Gasteiger partial charge in [0.2, 0.25) is 5.91 Å². The fourth-order valence-corrected chi connectivity index (χ4v) is 3.83. The lowest BCUT2D eigenvalue weighted by molar-refractivity contribution is -0.138. The van der Waals surface area contributed by atoms with Crippen molar-refractivity contribution in [3.63, 3.8) is 0 Å². The molecule has 29 heavy (non-hydrogen) atoms. The number of rotatable bonds is 10. The zero-order valence-electron chi connectivity index (χ0n) is 18.2. The number of likely N-dealkylation sites (N-methyl/N-ethyl adjacent to an activating group) is 1. The Hall–Kier alpha value is -2.57. The van der Waals surface area contributed by atoms with Crippen molar-refractivity contribution in [2.75, 3.05) is 26.7 Å². The monoisotopic (exact) mass is 403 g/mol. The summed E-state index contributed by atoms with van der Waals surface area (Å²) in [7, 11) is 1.65. The molecule has 0 aromatic heterocycles. The van der Waals surface area contributed by atoms with Crippen LogP contribution in [0.1, 0.15) is 50.7 Å². The van der Waals surface area contributed by atoms with Gasteiger partial charge in [0.25, 0.3) is 5.91 Å². The molecule has 0 saturated carbocycles. The number of urea groups is 1. The Kier molecular flexibility index (Phi) is 7.65. The number of hydrogen-bond acceptors (Lipinski definition) is 4. The molecular weight excluding hydrogens is 370 g/mol. The molecule has 0 spiro atoms. The van der Waals surface area contributed by atoms with Crippen LogP contribution < -0.4 is 10.1 Å². The van der Waals surface area contributed by atoms with E-state index in [1.54, 1.807) is 7.05 Å². The number of ether oxygens (including phenoxy) is 1. The fourth-order valence-electron chi connectivity index (χ4n) is 3.83. The van der Waals surface area contributed by atoms with Gasteiger partial charge in [-0.25, -0.2) is 4.79 Å². The molecule has 1 saturated heterocycles. The molecular formula is C22H33N3O4. The number of carbonyl (C=O) groups is 3. The number of imide groups is 1. The molecule has 0 unspecified atom stereocenters. The second-order valence-corrected chi connectivity index (χ2v) is 7.89. The van der Waals surface area contributed by atoms with Crippen LogP contribution in [0.5, 0.6) is 5.75 Å². The second kappa shape index (κ2) is 9.76. The predicted molar refractivity (Wildman–Crippen MR) is 112 cm³/mol. The zero-order valence-corrected chi connectivity index (χ0v) is 18.2. The van der Waals surface area contributed by atoms with Gasteiger partial charge >= 0.3 is 6.03 Å². The Balaban J connectivity index is 1.91. The van der Waals surface area contributed by atoms with Gasteiger partial charge in [-0.15, -0.1) is 0 Å². The molecule has 1 heterocycles. The summed E-state index contributed by atoms with van der Waals surface area (Å²) < 4.78 is 5.74. The third kappa shape index (κ3) is 5.49. The average molecular weight is 404 g/mol. The minimum Gasteiger partial charge on any atom is -0.492 e. The molecule has 7 heteroatoms. The summed E-state index contributed by atoms with van der Waals surface area (Å²) in [6, 6.07) is 5.48. The first-order valence-corrected chi connectivity index (χ1v) is 10.3. The Morgan fingerprint density at radius 1 is 1.10 bits per heavy atom. The van der Waals surface area contributed by atoms with Crippen molar-refractivity contribution < 1.29 is 19.1 Å². The van der Waals surface area contributed by atoms with Gasteiger partial charge in [0.1, 0.15) is 24.4 Å². The van der Waals surface area contributed by atoms with E-state index in [2.05, 4.69) is 11.4 Å². The Labute approximate surface area is 173 Å². The highest BCUT2D eigenvalue weighted by atomic mass is 16.5. The van der Waals surface area contributed by atoms with E-state index >= 15 is 0 Å². The fraction of sp³-hybridized carbons (Fsp3) is 0.591. The molecule has 7 nitrogen and oxygen atoms in total. The van der Waals surface area contributed by atoms with Crippen molar-refractivity contribution in [3.8, 4) is 5.75 Å². The first kappa shape index (κ1) is 22.7. The van der Waals surface area contributed by atoms with Gasteiger partial charge in [-0.2, -0.15) is 0 Å². The van der Waals surface area contributed by atoms with Crippen molar-refractivity contribution in [2.24, 2.45) is 0 Å². The van der Waals surface area contributed by atoms with E-state index in [1.807, 2.05) is 39.8 Å². The molecule has 4 amide bonds. The van der Waals surface area contributed by atoms with E-state index in [0.29, 0.717) is 26.0 Å². The standard InChI is InChI=1S/C22H33N3O4/c1-6-8-22(9-7-2)20(27)25(21(28)23-22)15-19(26)24(5)10-11-29-18-13-16(3)12-17(4)14-18/h12-14H,6-11,15H2,1-5H3,(H,23,28). The van der Waals surface area contributed by atoms with E-state index in [9.17, 15) is 14.4 Å². The summed E-state index contributed by atoms with van der Waals surface area (Å²) in [5, 5.41) is 2.83. The molecule has 0 bridgehead atoms. The number of benzene rings is 1. The lowest BCUT2D eigenvalue weighted by atomic mass is 9.88. The average Bonchev–Trinajstić information content (AvgIpc) is 2.85. The highest BCUT2D eigenvalue weighted by Gasteiger charge is 2.50. The van der Waals surface area contributed by atoms with Crippen LogP contribution in [-0.4, -0.2) is 59.9 Å². The molecule has 0 radical (unpaired) electrons. The first-order valence-electron chi connectivity index (χ1n) is 10.3. The molecule has 160 valence electrons. The van der Waals surface area contributed by atoms with Gasteiger partial charge in [-0.05, 0) is 49.9 Å². The molecule has 1 N–H and O–H groups in total. The SMILES string of the molecule is CCCC1(CCC)NC(=O)N(CC(=O)N(C)CCOc2cc(C)cc(C)c2)C1=O. The van der Waals surface area contributed by atoms with Gasteiger partial charge in [0, 0.05) is 7.05 Å². The minimum atomic E-state index is -0.869. The summed E-state index contributed by atoms with van der Waals surface area (Å²) in [4.78, 5) is 40.4. The first-order chi connectivity index (χ1) is 13.7. The Bertz CT molecular complexity index is 736. The Morgan fingerprint density at radius 3 is 2.24 bits per heavy atom. The van der Waals surface area contributed by atoms with Gasteiger partial charge < -0.3 is 15.0 Å². The summed E-state index contributed by atoms with van der Waals surface area (Å²) in [6.45, 7) is 8.42. The topological polar surface area (TPSA) is 79.0 Å². The quantitative estimate of drug-likeness (QED) is 0.609. The van der Waals surface area contributed by atoms with E-state index in [0.717, 1.165) is 34.6 Å². The maximum absolute atomic E-state index is 12.9. The van der Waals surface area contributed by atoms with Crippen LogP contribution in [0.2, 0.25) is 0 Å². The van der Waals surface area contributed by atoms with Crippen LogP contribution in [0.25, 0.3) is 0 Å². The van der Waals surface area contributed by atoms with Crippen molar-refractivity contribution in [2.45, 2.75) is 58.9 Å². The van der Waals surface area contributed by atoms with E-state index in [-0.39, 0.29) is 18.4 Å². The summed E-state index contributed by atoms with van der Waals surface area (Å²) in [5.41, 5.74) is 1.36. The third-order valence-corrected chi connectivity index (χ3v) is 5.21. The molecule has 1 aliphatic rings. The normalized spacial score (nSPS) is 15.4. The minimum absolute atomic E-state index is 0.250. The van der Waals surface area contributed by atoms with Gasteiger partial charge in [-0.1, -0.05) is 32.8 Å². The summed E-state index contributed by atoms with van der Waals surface area (Å²) in [5.74, 6) is 0.183. The third-order valence-electron chi connectivity index (χ3n) is 5.21. The van der Waals surface area contributed by atoms with E-state index in [4.69, 9.17) is 4.74 Å². The number of aryl methyl sites for hydroxylation is 2. The summed E-state index contributed by atoms with van der Waals surface area (Å²) >= 11 is 0. The molecule has 0 atom stereocenters. The van der Waals surface area contributed by atoms with E-state index < -0.39 is 11.6 Å². The predicted octanol–water partition coefficient (Wildman–Crippen LogP) is 3.03. The van der Waals surface area contributed by atoms with Crippen LogP contribution in [0.4, 0.5) is 4.79 Å². The number of hydrogen-bond donors (Lipinski definition) is 1. The number of nitrogens with zero attached hydrogens (tertiary/aromatic N) is 2. The molecule has 1 aromatic carbocycles. The lowest BCUT2D eigenvalue weighted by Gasteiger charge is -2.26. The van der Waals surface area contributed by atoms with Crippen molar-refractivity contribution in [1.29, 1.82) is 0 Å². The van der Waals surface area contributed by atoms with Crippen LogP contribution in [0, 0.1) is 13.8 Å². The number of carbonyl (C=O) groups excluding carboxylic acids is 3. The van der Waals surface area contributed by atoms with Crippen LogP contribution in [0.3, 0.4) is 0 Å². The molecule has 1 fully saturated rings. The van der Waals surface area contributed by atoms with Crippen LogP contribution >= 0.6 is 0 Å². The number of amides is 4. The second-order valence-electron chi connectivity index (χ2n) is 7.89. The van der Waals surface area contributed by atoms with Crippen LogP contribution in [-0.2, 0) is 9.59 Å². The van der Waals surface area contributed by atoms with Gasteiger partial charge in [0.05, 0.1) is 6.54 Å². The lowest BCUT2D eigenvalue weighted by Crippen LogP contribution is -2.47. The largest absolute Gasteiger partial charge is 0.492 e. The van der Waals surface area contributed by atoms with Gasteiger partial charge in [0.15, 0.2) is 0 Å². The van der Waals surface area contributed by atoms with Crippen LogP contribution in [0.15, 0.2) is 18.2 Å². The van der Waals surface area contributed by atoms with E-state index in [1.165, 1.54) is 4.90 Å². The van der Waals surface area contributed by atoms with Crippen molar-refractivity contribution in [3.05, 3.63) is 29.3 Å². The Morgan fingerprint density at radius 2 is 1.69 bits per heavy atom. The van der Waals surface area contributed by atoms with Crippen molar-refractivity contribution in [1.82, 2.24) is 15.1 Å². The highest BCUT2D eigenvalue weighted by Crippen LogP contribution is 2.28. The summed E-state index contributed by atoms with van der Waals surface area (Å²) in [6.07, 6.45) is 2.72. The smallest absolute Gasteiger partial charge is 0.325 e. The van der Waals surface area contributed by atoms with Crippen molar-refractivity contribution >= 4 is 17.8 Å². The zero-order chi connectivity index (χ0) is 21.6. The number of nitrogens with one attached hydrogen (secondary N) is 1. The maximum Gasteiger partial charge on any atom is 0.325 e. The molecule has 1 aromatic rings. The molecule has 2 rings (SSSR count). The highest BCUT2D eigenvalue weighted by molar-refractivity contribution is 6.09. The molecule has 1 aliphatic heterocycles. The molecule has 0 aliphatic carbocycles. The van der Waals surface area contributed by atoms with Gasteiger partial charge in [-0.3, -0.25) is 14.5 Å². The maximum atomic E-state index is 12.9.